The van der Waals surface area contributed by atoms with Crippen molar-refractivity contribution in [2.75, 3.05) is 0 Å². The number of allylic oxidation sites excluding steroid dienone is 4. The standard InChI is InChI=1S/C13H22/c1-4-11(2)9-10-12(3)13-7-5-6-8-13/h5-7,11-12H,4,8-10H2,1-3H3. The van der Waals surface area contributed by atoms with E-state index in [4.69, 9.17) is 0 Å². The lowest BCUT2D eigenvalue weighted by Crippen LogP contribution is -2.01. The van der Waals surface area contributed by atoms with Gasteiger partial charge in [-0.2, -0.15) is 0 Å². The lowest BCUT2D eigenvalue weighted by molar-refractivity contribution is 0.449. The molecule has 0 amide bonds. The Hall–Kier alpha value is -0.520. The zero-order chi connectivity index (χ0) is 9.68. The Morgan fingerprint density at radius 1 is 1.31 bits per heavy atom. The molecule has 0 N–H and O–H groups in total. The van der Waals surface area contributed by atoms with E-state index in [1.807, 2.05) is 0 Å². The van der Waals surface area contributed by atoms with Crippen LogP contribution in [-0.4, -0.2) is 0 Å². The summed E-state index contributed by atoms with van der Waals surface area (Å²) in [6.45, 7) is 7.00. The van der Waals surface area contributed by atoms with Crippen LogP contribution in [0.25, 0.3) is 0 Å². The normalized spacial score (nSPS) is 20.1. The van der Waals surface area contributed by atoms with Gasteiger partial charge in [-0.3, -0.25) is 0 Å². The van der Waals surface area contributed by atoms with Gasteiger partial charge in [0.2, 0.25) is 0 Å². The molecule has 1 rings (SSSR count). The molecule has 74 valence electrons. The zero-order valence-corrected chi connectivity index (χ0v) is 9.22. The SMILES string of the molecule is CCC(C)CCC(C)C1=CC=CC1. The average molecular weight is 178 g/mol. The fraction of sp³-hybridized carbons (Fsp3) is 0.692. The molecule has 0 aromatic carbocycles. The summed E-state index contributed by atoms with van der Waals surface area (Å²) in [5.74, 6) is 1.70. The monoisotopic (exact) mass is 178 g/mol. The van der Waals surface area contributed by atoms with Crippen molar-refractivity contribution in [3.8, 4) is 0 Å². The van der Waals surface area contributed by atoms with E-state index in [1.54, 1.807) is 5.57 Å². The van der Waals surface area contributed by atoms with Crippen LogP contribution in [0.15, 0.2) is 23.8 Å². The molecule has 0 saturated heterocycles. The second-order valence-corrected chi connectivity index (χ2v) is 4.37. The molecule has 0 nitrogen and oxygen atoms in total. The lowest BCUT2D eigenvalue weighted by Gasteiger charge is -2.15. The van der Waals surface area contributed by atoms with Gasteiger partial charge in [0.15, 0.2) is 0 Å². The molecule has 0 aromatic rings. The highest BCUT2D eigenvalue weighted by Gasteiger charge is 2.10. The van der Waals surface area contributed by atoms with Crippen molar-refractivity contribution >= 4 is 0 Å². The second-order valence-electron chi connectivity index (χ2n) is 4.37. The molecule has 13 heavy (non-hydrogen) atoms. The minimum absolute atomic E-state index is 0.795. The maximum atomic E-state index is 2.36. The van der Waals surface area contributed by atoms with Crippen LogP contribution in [0.3, 0.4) is 0 Å². The van der Waals surface area contributed by atoms with Crippen LogP contribution in [0.5, 0.6) is 0 Å². The average Bonchev–Trinajstić information content (AvgIpc) is 2.66. The Morgan fingerprint density at radius 3 is 2.62 bits per heavy atom. The summed E-state index contributed by atoms with van der Waals surface area (Å²) in [7, 11) is 0. The number of rotatable bonds is 5. The summed E-state index contributed by atoms with van der Waals surface area (Å²) >= 11 is 0. The Balaban J connectivity index is 2.21. The summed E-state index contributed by atoms with van der Waals surface area (Å²) in [6.07, 6.45) is 12.0. The van der Waals surface area contributed by atoms with Crippen LogP contribution in [0.4, 0.5) is 0 Å². The molecule has 0 bridgehead atoms. The van der Waals surface area contributed by atoms with Gasteiger partial charge in [-0.25, -0.2) is 0 Å². The van der Waals surface area contributed by atoms with Gasteiger partial charge in [-0.1, -0.05) is 57.4 Å². The maximum absolute atomic E-state index is 2.36. The van der Waals surface area contributed by atoms with Gasteiger partial charge in [-0.15, -0.1) is 0 Å². The molecule has 0 fully saturated rings. The molecule has 0 aromatic heterocycles. The Bertz CT molecular complexity index is 198. The van der Waals surface area contributed by atoms with Gasteiger partial charge in [-0.05, 0) is 24.7 Å². The van der Waals surface area contributed by atoms with Crippen molar-refractivity contribution in [2.45, 2.75) is 46.5 Å². The Morgan fingerprint density at radius 2 is 2.08 bits per heavy atom. The minimum atomic E-state index is 0.795. The van der Waals surface area contributed by atoms with Crippen LogP contribution < -0.4 is 0 Å². The Kier molecular flexibility index (Phi) is 4.27. The summed E-state index contributed by atoms with van der Waals surface area (Å²) in [5, 5.41) is 0. The topological polar surface area (TPSA) is 0 Å². The highest BCUT2D eigenvalue weighted by Crippen LogP contribution is 2.25. The van der Waals surface area contributed by atoms with Crippen LogP contribution in [0.1, 0.15) is 46.5 Å². The predicted molar refractivity (Wildman–Crippen MR) is 59.7 cm³/mol. The highest BCUT2D eigenvalue weighted by atomic mass is 14.2. The van der Waals surface area contributed by atoms with Crippen LogP contribution in [0, 0.1) is 11.8 Å². The van der Waals surface area contributed by atoms with Crippen LogP contribution in [0.2, 0.25) is 0 Å². The number of hydrogen-bond donors (Lipinski definition) is 0. The van der Waals surface area contributed by atoms with E-state index in [0.717, 1.165) is 11.8 Å². The largest absolute Gasteiger partial charge is 0.0805 e. The minimum Gasteiger partial charge on any atom is -0.0805 e. The molecule has 0 spiro atoms. The quantitative estimate of drug-likeness (QED) is 0.587. The molecule has 0 saturated carbocycles. The molecule has 1 aliphatic carbocycles. The molecular weight excluding hydrogens is 156 g/mol. The first-order chi connectivity index (χ1) is 6.24. The first kappa shape index (κ1) is 10.6. The third-order valence-electron chi connectivity index (χ3n) is 3.22. The smallest absolute Gasteiger partial charge is 0.0130 e. The lowest BCUT2D eigenvalue weighted by atomic mass is 9.91. The number of hydrogen-bond acceptors (Lipinski definition) is 0. The van der Waals surface area contributed by atoms with Gasteiger partial charge in [0, 0.05) is 0 Å². The molecule has 0 heterocycles. The van der Waals surface area contributed by atoms with Crippen LogP contribution >= 0.6 is 0 Å². The van der Waals surface area contributed by atoms with Crippen molar-refractivity contribution in [2.24, 2.45) is 11.8 Å². The molecule has 0 heteroatoms. The van der Waals surface area contributed by atoms with E-state index >= 15 is 0 Å². The van der Waals surface area contributed by atoms with Crippen molar-refractivity contribution < 1.29 is 0 Å². The van der Waals surface area contributed by atoms with Crippen LogP contribution in [-0.2, 0) is 0 Å². The van der Waals surface area contributed by atoms with E-state index in [2.05, 4.69) is 39.0 Å². The van der Waals surface area contributed by atoms with Gasteiger partial charge < -0.3 is 0 Å². The molecule has 0 radical (unpaired) electrons. The maximum Gasteiger partial charge on any atom is -0.0130 e. The van der Waals surface area contributed by atoms with Crippen molar-refractivity contribution in [3.05, 3.63) is 23.8 Å². The second kappa shape index (κ2) is 5.26. The molecule has 2 atom stereocenters. The van der Waals surface area contributed by atoms with E-state index in [0.29, 0.717) is 0 Å². The van der Waals surface area contributed by atoms with E-state index in [-0.39, 0.29) is 0 Å². The third-order valence-corrected chi connectivity index (χ3v) is 3.22. The molecule has 1 aliphatic rings. The highest BCUT2D eigenvalue weighted by molar-refractivity contribution is 5.24. The van der Waals surface area contributed by atoms with Crippen molar-refractivity contribution in [3.63, 3.8) is 0 Å². The zero-order valence-electron chi connectivity index (χ0n) is 9.22. The fourth-order valence-corrected chi connectivity index (χ4v) is 1.75. The van der Waals surface area contributed by atoms with Crippen molar-refractivity contribution in [1.29, 1.82) is 0 Å². The van der Waals surface area contributed by atoms with Gasteiger partial charge in [0.25, 0.3) is 0 Å². The summed E-state index contributed by atoms with van der Waals surface area (Å²) < 4.78 is 0. The fourth-order valence-electron chi connectivity index (χ4n) is 1.75. The predicted octanol–water partition coefficient (Wildman–Crippen LogP) is 4.34. The Labute approximate surface area is 82.7 Å². The molecule has 0 aliphatic heterocycles. The molecular formula is C13H22. The van der Waals surface area contributed by atoms with Gasteiger partial charge >= 0.3 is 0 Å². The van der Waals surface area contributed by atoms with E-state index in [1.165, 1.54) is 25.7 Å². The molecule has 2 unspecified atom stereocenters. The van der Waals surface area contributed by atoms with E-state index < -0.39 is 0 Å². The van der Waals surface area contributed by atoms with Crippen molar-refractivity contribution in [1.82, 2.24) is 0 Å². The summed E-state index contributed by atoms with van der Waals surface area (Å²) in [5.41, 5.74) is 1.63. The summed E-state index contributed by atoms with van der Waals surface area (Å²) in [4.78, 5) is 0. The van der Waals surface area contributed by atoms with Gasteiger partial charge in [0.1, 0.15) is 0 Å². The third kappa shape index (κ3) is 3.38. The van der Waals surface area contributed by atoms with E-state index in [9.17, 15) is 0 Å². The van der Waals surface area contributed by atoms with Gasteiger partial charge in [0.05, 0.1) is 0 Å². The summed E-state index contributed by atoms with van der Waals surface area (Å²) in [6, 6.07) is 0. The first-order valence-corrected chi connectivity index (χ1v) is 5.59. The first-order valence-electron chi connectivity index (χ1n) is 5.59.